The third-order valence-electron chi connectivity index (χ3n) is 2.74. The summed E-state index contributed by atoms with van der Waals surface area (Å²) in [5, 5.41) is 17.4. The molecule has 0 amide bonds. The molecule has 0 aliphatic heterocycles. The number of hydrogen-bond donors (Lipinski definition) is 0. The van der Waals surface area contributed by atoms with E-state index in [4.69, 9.17) is 10.5 Å². The lowest BCUT2D eigenvalue weighted by Crippen LogP contribution is -2.26. The molecule has 0 aliphatic rings. The lowest BCUT2D eigenvalue weighted by Gasteiger charge is -2.26. The van der Waals surface area contributed by atoms with Crippen LogP contribution >= 0.6 is 0 Å². The zero-order valence-corrected chi connectivity index (χ0v) is 10.4. The maximum atomic E-state index is 8.68. The normalized spacial score (nSPS) is 9.41. The molecule has 0 unspecified atom stereocenters. The lowest BCUT2D eigenvalue weighted by molar-refractivity contribution is 0.790. The van der Waals surface area contributed by atoms with Gasteiger partial charge in [-0.3, -0.25) is 0 Å². The Bertz CT molecular complexity index is 413. The molecule has 0 spiro atoms. The number of benzene rings is 1. The van der Waals surface area contributed by atoms with Crippen molar-refractivity contribution in [1.82, 2.24) is 0 Å². The first-order valence-electron chi connectivity index (χ1n) is 5.75. The maximum Gasteiger partial charge on any atom is 0.0640 e. The van der Waals surface area contributed by atoms with Gasteiger partial charge in [-0.2, -0.15) is 10.5 Å². The summed E-state index contributed by atoms with van der Waals surface area (Å²) >= 11 is 0. The summed E-state index contributed by atoms with van der Waals surface area (Å²) in [5.41, 5.74) is 3.56. The lowest BCUT2D eigenvalue weighted by atomic mass is 10.1. The van der Waals surface area contributed by atoms with Crippen molar-refractivity contribution in [3.8, 4) is 12.1 Å². The highest BCUT2D eigenvalue weighted by Crippen LogP contribution is 2.24. The largest absolute Gasteiger partial charge is 0.369 e. The minimum absolute atomic E-state index is 0.485. The number of rotatable bonds is 5. The van der Waals surface area contributed by atoms with Gasteiger partial charge >= 0.3 is 0 Å². The molecule has 0 heterocycles. The highest BCUT2D eigenvalue weighted by Gasteiger charge is 2.11. The molecular weight excluding hydrogens is 210 g/mol. The number of anilines is 1. The number of nitriles is 2. The van der Waals surface area contributed by atoms with Crippen LogP contribution in [0.4, 0.5) is 5.69 Å². The minimum Gasteiger partial charge on any atom is -0.369 e. The fraction of sp³-hybridized carbons (Fsp3) is 0.429. The third kappa shape index (κ3) is 3.50. The summed E-state index contributed by atoms with van der Waals surface area (Å²) in [7, 11) is 0. The fourth-order valence-corrected chi connectivity index (χ4v) is 2.01. The van der Waals surface area contributed by atoms with Crippen molar-refractivity contribution in [1.29, 1.82) is 10.5 Å². The van der Waals surface area contributed by atoms with Crippen LogP contribution in [0.3, 0.4) is 0 Å². The highest BCUT2D eigenvalue weighted by molar-refractivity contribution is 5.58. The molecular formula is C14H17N3. The van der Waals surface area contributed by atoms with Gasteiger partial charge in [0, 0.05) is 18.8 Å². The fourth-order valence-electron chi connectivity index (χ4n) is 2.01. The molecule has 0 atom stereocenters. The molecule has 0 radical (unpaired) electrons. The van der Waals surface area contributed by atoms with Gasteiger partial charge in [-0.15, -0.1) is 0 Å². The van der Waals surface area contributed by atoms with Crippen LogP contribution in [0.5, 0.6) is 0 Å². The summed E-state index contributed by atoms with van der Waals surface area (Å²) in [6.45, 7) is 5.50. The quantitative estimate of drug-likeness (QED) is 0.777. The number of nitrogens with zero attached hydrogens (tertiary/aromatic N) is 3. The average Bonchev–Trinajstić information content (AvgIpc) is 2.31. The van der Waals surface area contributed by atoms with Crippen LogP contribution in [0.25, 0.3) is 0 Å². The van der Waals surface area contributed by atoms with Crippen molar-refractivity contribution in [3.05, 3.63) is 29.3 Å². The van der Waals surface area contributed by atoms with Gasteiger partial charge < -0.3 is 4.90 Å². The standard InChI is InChI=1S/C14H17N3/c1-12-6-3-7-13(2)14(12)17(10-4-8-15)11-5-9-16/h3,6-7H,4-5,10-11H2,1-2H3. The summed E-state index contributed by atoms with van der Waals surface area (Å²) in [6, 6.07) is 10.5. The zero-order chi connectivity index (χ0) is 12.7. The first kappa shape index (κ1) is 13.1. The second kappa shape index (κ2) is 6.55. The van der Waals surface area contributed by atoms with E-state index in [-0.39, 0.29) is 0 Å². The van der Waals surface area contributed by atoms with Gasteiger partial charge in [0.25, 0.3) is 0 Å². The van der Waals surface area contributed by atoms with Gasteiger partial charge in [0.05, 0.1) is 25.0 Å². The summed E-state index contributed by atoms with van der Waals surface area (Å²) in [4.78, 5) is 2.14. The molecule has 1 rings (SSSR count). The molecule has 17 heavy (non-hydrogen) atoms. The SMILES string of the molecule is Cc1cccc(C)c1N(CCC#N)CCC#N. The summed E-state index contributed by atoms with van der Waals surface area (Å²) in [5.74, 6) is 0. The van der Waals surface area contributed by atoms with Gasteiger partial charge in [-0.25, -0.2) is 0 Å². The van der Waals surface area contributed by atoms with Crippen LogP contribution in [0, 0.1) is 36.5 Å². The molecule has 1 aromatic carbocycles. The van der Waals surface area contributed by atoms with E-state index >= 15 is 0 Å². The second-order valence-electron chi connectivity index (χ2n) is 4.04. The van der Waals surface area contributed by atoms with Crippen LogP contribution < -0.4 is 4.90 Å². The smallest absolute Gasteiger partial charge is 0.0640 e. The van der Waals surface area contributed by atoms with E-state index in [0.29, 0.717) is 25.9 Å². The van der Waals surface area contributed by atoms with Crippen molar-refractivity contribution in [3.63, 3.8) is 0 Å². The maximum absolute atomic E-state index is 8.68. The Kier molecular flexibility index (Phi) is 5.04. The Hall–Kier alpha value is -2.00. The molecule has 3 nitrogen and oxygen atoms in total. The molecule has 0 aromatic heterocycles. The predicted molar refractivity (Wildman–Crippen MR) is 68.6 cm³/mol. The first-order chi connectivity index (χ1) is 8.20. The molecule has 1 aromatic rings. The van der Waals surface area contributed by atoms with Gasteiger partial charge in [0.15, 0.2) is 0 Å². The van der Waals surface area contributed by atoms with Crippen LogP contribution in [0.2, 0.25) is 0 Å². The molecule has 0 saturated heterocycles. The van der Waals surface area contributed by atoms with E-state index in [1.165, 1.54) is 11.1 Å². The van der Waals surface area contributed by atoms with Gasteiger partial charge in [0.2, 0.25) is 0 Å². The van der Waals surface area contributed by atoms with Gasteiger partial charge in [0.1, 0.15) is 0 Å². The Labute approximate surface area is 103 Å². The monoisotopic (exact) mass is 227 g/mol. The molecule has 0 bridgehead atoms. The molecule has 0 N–H and O–H groups in total. The van der Waals surface area contributed by atoms with E-state index in [1.807, 2.05) is 6.07 Å². The molecule has 88 valence electrons. The highest BCUT2D eigenvalue weighted by atomic mass is 15.1. The van der Waals surface area contributed by atoms with E-state index in [0.717, 1.165) is 5.69 Å². The molecule has 0 saturated carbocycles. The third-order valence-corrected chi connectivity index (χ3v) is 2.74. The van der Waals surface area contributed by atoms with Gasteiger partial charge in [-0.05, 0) is 25.0 Å². The number of aryl methyl sites for hydroxylation is 2. The molecule has 0 aliphatic carbocycles. The van der Waals surface area contributed by atoms with E-state index in [2.05, 4.69) is 43.0 Å². The van der Waals surface area contributed by atoms with Crippen molar-refractivity contribution in [2.24, 2.45) is 0 Å². The minimum atomic E-state index is 0.485. The Morgan fingerprint density at radius 2 is 1.47 bits per heavy atom. The van der Waals surface area contributed by atoms with E-state index < -0.39 is 0 Å². The topological polar surface area (TPSA) is 50.8 Å². The van der Waals surface area contributed by atoms with Crippen molar-refractivity contribution >= 4 is 5.69 Å². The van der Waals surface area contributed by atoms with Crippen LogP contribution in [0.15, 0.2) is 18.2 Å². The Morgan fingerprint density at radius 3 is 1.88 bits per heavy atom. The van der Waals surface area contributed by atoms with Crippen molar-refractivity contribution in [2.75, 3.05) is 18.0 Å². The second-order valence-corrected chi connectivity index (χ2v) is 4.04. The van der Waals surface area contributed by atoms with Crippen molar-refractivity contribution in [2.45, 2.75) is 26.7 Å². The zero-order valence-electron chi connectivity index (χ0n) is 10.4. The average molecular weight is 227 g/mol. The Morgan fingerprint density at radius 1 is 1.00 bits per heavy atom. The summed E-state index contributed by atoms with van der Waals surface area (Å²) < 4.78 is 0. The van der Waals surface area contributed by atoms with Crippen LogP contribution in [-0.2, 0) is 0 Å². The van der Waals surface area contributed by atoms with Crippen LogP contribution in [-0.4, -0.2) is 13.1 Å². The first-order valence-corrected chi connectivity index (χ1v) is 5.75. The molecule has 3 heteroatoms. The summed E-state index contributed by atoms with van der Waals surface area (Å²) in [6.07, 6.45) is 0.971. The number of hydrogen-bond acceptors (Lipinski definition) is 3. The van der Waals surface area contributed by atoms with Crippen LogP contribution in [0.1, 0.15) is 24.0 Å². The molecule has 0 fully saturated rings. The van der Waals surface area contributed by atoms with Gasteiger partial charge in [-0.1, -0.05) is 18.2 Å². The Balaban J connectivity index is 2.96. The van der Waals surface area contributed by atoms with E-state index in [1.54, 1.807) is 0 Å². The van der Waals surface area contributed by atoms with E-state index in [9.17, 15) is 0 Å². The van der Waals surface area contributed by atoms with Crippen molar-refractivity contribution < 1.29 is 0 Å². The number of para-hydroxylation sites is 1. The predicted octanol–water partition coefficient (Wildman–Crippen LogP) is 2.94.